The van der Waals surface area contributed by atoms with Gasteiger partial charge in [0.2, 0.25) is 0 Å². The zero-order valence-electron chi connectivity index (χ0n) is 32.4. The molecule has 0 aliphatic carbocycles. The van der Waals surface area contributed by atoms with Crippen LogP contribution in [0, 0.1) is 5.92 Å². The van der Waals surface area contributed by atoms with Gasteiger partial charge in [-0.25, -0.2) is 9.59 Å². The molecule has 2 N–H and O–H groups in total. The van der Waals surface area contributed by atoms with E-state index in [-0.39, 0.29) is 48.7 Å². The molecular formula is C45H52O10. The maximum Gasteiger partial charge on any atom is 0.340 e. The molecule has 0 amide bonds. The number of carbonyl (C=O) groups excluding carboxylic acids is 2. The number of hydrogen-bond acceptors (Lipinski definition) is 10. The fourth-order valence-corrected chi connectivity index (χ4v) is 8.04. The number of aryl methyl sites for hydroxylation is 2. The summed E-state index contributed by atoms with van der Waals surface area (Å²) in [5, 5.41) is 20.9. The van der Waals surface area contributed by atoms with Gasteiger partial charge in [0.1, 0.15) is 16.9 Å². The summed E-state index contributed by atoms with van der Waals surface area (Å²) in [4.78, 5) is 42.3. The Balaban J connectivity index is 1.49. The predicted octanol–water partition coefficient (Wildman–Crippen LogP) is 7.23. The van der Waals surface area contributed by atoms with Crippen LogP contribution in [-0.4, -0.2) is 54.2 Å². The molecule has 0 saturated heterocycles. The van der Waals surface area contributed by atoms with Crippen LogP contribution in [0.25, 0.3) is 11.0 Å². The molecule has 0 radical (unpaired) electrons. The van der Waals surface area contributed by atoms with Gasteiger partial charge in [-0.05, 0) is 107 Å². The second kappa shape index (κ2) is 17.4. The zero-order valence-corrected chi connectivity index (χ0v) is 32.4. The highest BCUT2D eigenvalue weighted by Gasteiger charge is 2.50. The first-order chi connectivity index (χ1) is 26.4. The largest absolute Gasteiger partial charge is 0.483 e. The highest BCUT2D eigenvalue weighted by atomic mass is 16.6. The number of rotatable bonds is 9. The Hall–Kier alpha value is -4.77. The van der Waals surface area contributed by atoms with Crippen LogP contribution in [0.2, 0.25) is 0 Å². The lowest BCUT2D eigenvalue weighted by molar-refractivity contribution is -0.188. The highest BCUT2D eigenvalue weighted by molar-refractivity contribution is 5.90. The van der Waals surface area contributed by atoms with Crippen LogP contribution in [0.1, 0.15) is 98.8 Å². The zero-order chi connectivity index (χ0) is 39.3. The van der Waals surface area contributed by atoms with Crippen molar-refractivity contribution in [3.8, 4) is 5.75 Å². The number of esters is 2. The summed E-state index contributed by atoms with van der Waals surface area (Å²) in [5.41, 5.74) is 3.56. The number of aliphatic hydroxyl groups is 2. The first-order valence-corrected chi connectivity index (χ1v) is 19.1. The monoisotopic (exact) mass is 752 g/mol. The molecule has 4 heterocycles. The van der Waals surface area contributed by atoms with E-state index in [9.17, 15) is 24.6 Å². The summed E-state index contributed by atoms with van der Waals surface area (Å²) in [7, 11) is 1.50. The van der Waals surface area contributed by atoms with Gasteiger partial charge in [0.15, 0.2) is 12.2 Å². The summed E-state index contributed by atoms with van der Waals surface area (Å²) in [5.74, 6) is -1.38. The van der Waals surface area contributed by atoms with Crippen molar-refractivity contribution in [3.05, 3.63) is 122 Å². The van der Waals surface area contributed by atoms with E-state index >= 15 is 0 Å². The molecule has 3 aliphatic rings. The third kappa shape index (κ3) is 8.88. The average Bonchev–Trinajstić information content (AvgIpc) is 3.15. The quantitative estimate of drug-likeness (QED) is 0.102. The minimum Gasteiger partial charge on any atom is -0.483 e. The molecule has 4 aromatic rings. The third-order valence-corrected chi connectivity index (χ3v) is 10.9. The molecule has 4 unspecified atom stereocenters. The Morgan fingerprint density at radius 3 is 2.31 bits per heavy atom. The van der Waals surface area contributed by atoms with Crippen LogP contribution in [-0.2, 0) is 49.7 Å². The molecule has 3 aliphatic heterocycles. The van der Waals surface area contributed by atoms with Gasteiger partial charge in [-0.15, -0.1) is 0 Å². The van der Waals surface area contributed by atoms with Crippen molar-refractivity contribution < 1.29 is 43.2 Å². The Morgan fingerprint density at radius 2 is 1.64 bits per heavy atom. The van der Waals surface area contributed by atoms with Crippen molar-refractivity contribution in [1.29, 1.82) is 0 Å². The Bertz CT molecular complexity index is 2070. The van der Waals surface area contributed by atoms with Gasteiger partial charge in [0.05, 0.1) is 18.8 Å². The number of carbonyl (C=O) groups is 2. The molecule has 10 heteroatoms. The standard InChI is InChI=1S/C45H52O10/c1-27(2)33-18-17-29-11-14-30(15-12-29)23-31(16-13-28-9-7-6-8-10-28)24-37(48)52-41-39-36(55-45(3,4)42(41)54-43(33)49)20-19-34-35(25-47)38(44(50)53-40(34)39)32(21-22-46)26-51-5/h6-12,14-15,19-20,31-32,41-42,46-47H,13,16-18,21-26H2,1-5H3. The van der Waals surface area contributed by atoms with Gasteiger partial charge in [-0.1, -0.05) is 60.2 Å². The van der Waals surface area contributed by atoms with Gasteiger partial charge < -0.3 is 33.6 Å². The van der Waals surface area contributed by atoms with E-state index in [1.165, 1.54) is 12.7 Å². The smallest absolute Gasteiger partial charge is 0.340 e. The second-order valence-corrected chi connectivity index (χ2v) is 15.5. The Labute approximate surface area is 322 Å². The fourth-order valence-electron chi connectivity index (χ4n) is 8.04. The van der Waals surface area contributed by atoms with Crippen molar-refractivity contribution in [2.75, 3.05) is 20.3 Å². The van der Waals surface area contributed by atoms with E-state index in [0.29, 0.717) is 41.5 Å². The normalized spacial score (nSPS) is 20.6. The molecule has 3 aromatic carbocycles. The summed E-state index contributed by atoms with van der Waals surface area (Å²) >= 11 is 0. The average molecular weight is 753 g/mol. The number of aliphatic hydroxyl groups excluding tert-OH is 2. The summed E-state index contributed by atoms with van der Waals surface area (Å²) in [6, 6.07) is 21.9. The van der Waals surface area contributed by atoms with Crippen LogP contribution in [0.4, 0.5) is 0 Å². The molecule has 55 heavy (non-hydrogen) atoms. The highest BCUT2D eigenvalue weighted by Crippen LogP contribution is 2.48. The van der Waals surface area contributed by atoms with Crippen molar-refractivity contribution in [2.45, 2.75) is 103 Å². The summed E-state index contributed by atoms with van der Waals surface area (Å²) in [6.07, 6.45) is 1.14. The van der Waals surface area contributed by atoms with Gasteiger partial charge >= 0.3 is 17.6 Å². The predicted molar refractivity (Wildman–Crippen MR) is 208 cm³/mol. The number of methoxy groups -OCH3 is 1. The topological polar surface area (TPSA) is 142 Å². The van der Waals surface area contributed by atoms with E-state index < -0.39 is 47.9 Å². The van der Waals surface area contributed by atoms with Gasteiger partial charge in [-0.2, -0.15) is 0 Å². The second-order valence-electron chi connectivity index (χ2n) is 15.5. The van der Waals surface area contributed by atoms with E-state index in [1.807, 2.05) is 32.0 Å². The van der Waals surface area contributed by atoms with E-state index in [1.54, 1.807) is 26.0 Å². The maximum absolute atomic E-state index is 14.3. The summed E-state index contributed by atoms with van der Waals surface area (Å²) in [6.45, 7) is 6.67. The molecule has 1 aromatic heterocycles. The maximum atomic E-state index is 14.3. The minimum atomic E-state index is -1.23. The number of allylic oxidation sites excluding steroid dienone is 1. The van der Waals surface area contributed by atoms with Crippen molar-refractivity contribution in [3.63, 3.8) is 0 Å². The molecule has 292 valence electrons. The lowest BCUT2D eigenvalue weighted by Gasteiger charge is -2.43. The van der Waals surface area contributed by atoms with Gasteiger partial charge in [0, 0.05) is 42.6 Å². The lowest BCUT2D eigenvalue weighted by Crippen LogP contribution is -2.52. The summed E-state index contributed by atoms with van der Waals surface area (Å²) < 4.78 is 30.8. The van der Waals surface area contributed by atoms with Crippen molar-refractivity contribution in [2.24, 2.45) is 5.92 Å². The molecular weight excluding hydrogens is 700 g/mol. The molecule has 0 fully saturated rings. The lowest BCUT2D eigenvalue weighted by atomic mass is 9.85. The Kier molecular flexibility index (Phi) is 12.6. The molecule has 4 atom stereocenters. The van der Waals surface area contributed by atoms with Crippen LogP contribution in [0.15, 0.2) is 87.1 Å². The number of ether oxygens (including phenoxy) is 4. The van der Waals surface area contributed by atoms with Gasteiger partial charge in [0.25, 0.3) is 0 Å². The number of hydrogen-bond donors (Lipinski definition) is 2. The Morgan fingerprint density at radius 1 is 0.909 bits per heavy atom. The number of fused-ring (bicyclic) bond motifs is 13. The van der Waals surface area contributed by atoms with Crippen LogP contribution in [0.3, 0.4) is 0 Å². The fraction of sp³-hybridized carbons (Fsp3) is 0.444. The molecule has 7 rings (SSSR count). The molecule has 2 bridgehead atoms. The molecule has 0 spiro atoms. The van der Waals surface area contributed by atoms with Crippen molar-refractivity contribution in [1.82, 2.24) is 0 Å². The van der Waals surface area contributed by atoms with E-state index in [0.717, 1.165) is 29.5 Å². The van der Waals surface area contributed by atoms with E-state index in [2.05, 4.69) is 36.4 Å². The minimum absolute atomic E-state index is 0.0572. The van der Waals surface area contributed by atoms with Gasteiger partial charge in [-0.3, -0.25) is 4.79 Å². The van der Waals surface area contributed by atoms with Crippen LogP contribution < -0.4 is 10.4 Å². The first kappa shape index (κ1) is 39.9. The molecule has 0 saturated carbocycles. The number of benzene rings is 3. The van der Waals surface area contributed by atoms with Crippen molar-refractivity contribution >= 4 is 22.9 Å². The van der Waals surface area contributed by atoms with Crippen LogP contribution >= 0.6 is 0 Å². The molecule has 10 nitrogen and oxygen atoms in total. The third-order valence-electron chi connectivity index (χ3n) is 10.9. The van der Waals surface area contributed by atoms with E-state index in [4.69, 9.17) is 23.4 Å². The SMILES string of the molecule is COCC(CCO)c1c(CO)c2ccc3c(c2oc1=O)C1OC(=O)CC(CCc2ccccc2)Cc2ccc(cc2)CCC(=C(C)C)C(=O)OC1C(C)(C)O3. The van der Waals surface area contributed by atoms with Crippen LogP contribution in [0.5, 0.6) is 5.75 Å². The first-order valence-electron chi connectivity index (χ1n) is 19.1.